The second-order valence-corrected chi connectivity index (χ2v) is 5.98. The van der Waals surface area contributed by atoms with Gasteiger partial charge in [-0.1, -0.05) is 13.5 Å². The zero-order valence-corrected chi connectivity index (χ0v) is 13.8. The van der Waals surface area contributed by atoms with E-state index in [-0.39, 0.29) is 24.5 Å². The second kappa shape index (κ2) is 10.7. The molecule has 0 rings (SSSR count). The van der Waals surface area contributed by atoms with Crippen molar-refractivity contribution in [2.24, 2.45) is 5.92 Å². The smallest absolute Gasteiger partial charge is 0.333 e. The fourth-order valence-corrected chi connectivity index (χ4v) is 2.31. The third-order valence-corrected chi connectivity index (χ3v) is 3.96. The molecule has 0 fully saturated rings. The molecule has 0 bridgehead atoms. The molecule has 130 valence electrons. The number of carboxylic acid groups (broad SMARTS) is 2. The number of carbonyl (C=O) groups is 4. The number of ether oxygens (including phenoxy) is 2. The number of thioether (sulfide) groups is 1. The minimum absolute atomic E-state index is 0.103. The van der Waals surface area contributed by atoms with Gasteiger partial charge in [0.1, 0.15) is 18.5 Å². The van der Waals surface area contributed by atoms with Crippen molar-refractivity contribution in [3.63, 3.8) is 0 Å². The van der Waals surface area contributed by atoms with Gasteiger partial charge in [-0.05, 0) is 6.92 Å². The zero-order valence-electron chi connectivity index (χ0n) is 12.9. The molecule has 0 aliphatic heterocycles. The first-order valence-electron chi connectivity index (χ1n) is 6.70. The minimum atomic E-state index is -1.25. The lowest BCUT2D eigenvalue weighted by Crippen LogP contribution is -2.25. The van der Waals surface area contributed by atoms with Crippen LogP contribution in [0.25, 0.3) is 0 Å². The van der Waals surface area contributed by atoms with E-state index in [1.165, 1.54) is 13.8 Å². The number of carbonyl (C=O) groups excluding carboxylic acids is 2. The molecule has 0 radical (unpaired) electrons. The second-order valence-electron chi connectivity index (χ2n) is 4.74. The van der Waals surface area contributed by atoms with Gasteiger partial charge < -0.3 is 19.7 Å². The van der Waals surface area contributed by atoms with Gasteiger partial charge in [0.25, 0.3) is 0 Å². The highest BCUT2D eigenvalue weighted by Gasteiger charge is 2.24. The lowest BCUT2D eigenvalue weighted by molar-refractivity contribution is -0.152. The van der Waals surface area contributed by atoms with Gasteiger partial charge in [-0.2, -0.15) is 0 Å². The van der Waals surface area contributed by atoms with Crippen LogP contribution in [0, 0.1) is 5.92 Å². The number of aliphatic carboxylic acids is 2. The Bertz CT molecular complexity index is 473. The molecule has 8 nitrogen and oxygen atoms in total. The maximum atomic E-state index is 11.7. The van der Waals surface area contributed by atoms with Crippen LogP contribution in [0.4, 0.5) is 0 Å². The Balaban J connectivity index is 4.10. The van der Waals surface area contributed by atoms with Crippen LogP contribution in [0.2, 0.25) is 0 Å². The normalized spacial score (nSPS) is 12.8. The summed E-state index contributed by atoms with van der Waals surface area (Å²) in [6.07, 6.45) is -0.529. The van der Waals surface area contributed by atoms with Gasteiger partial charge in [-0.25, -0.2) is 4.79 Å². The van der Waals surface area contributed by atoms with Gasteiger partial charge in [0, 0.05) is 11.3 Å². The lowest BCUT2D eigenvalue weighted by Gasteiger charge is -2.14. The van der Waals surface area contributed by atoms with Crippen molar-refractivity contribution in [3.8, 4) is 0 Å². The summed E-state index contributed by atoms with van der Waals surface area (Å²) in [6, 6.07) is 0. The quantitative estimate of drug-likeness (QED) is 0.318. The summed E-state index contributed by atoms with van der Waals surface area (Å²) in [5.74, 6) is -4.14. The summed E-state index contributed by atoms with van der Waals surface area (Å²) in [5.41, 5.74) is 0.235. The first kappa shape index (κ1) is 21.0. The maximum absolute atomic E-state index is 11.7. The highest BCUT2D eigenvalue weighted by Crippen LogP contribution is 2.19. The molecule has 0 aromatic heterocycles. The molecule has 0 saturated heterocycles. The molecular weight excluding hydrogens is 328 g/mol. The van der Waals surface area contributed by atoms with E-state index in [4.69, 9.17) is 19.7 Å². The average molecular weight is 348 g/mol. The predicted octanol–water partition coefficient (Wildman–Crippen LogP) is 0.946. The van der Waals surface area contributed by atoms with Crippen molar-refractivity contribution in [2.75, 3.05) is 19.0 Å². The van der Waals surface area contributed by atoms with Crippen LogP contribution in [0.3, 0.4) is 0 Å². The Morgan fingerprint density at radius 1 is 1.13 bits per heavy atom. The van der Waals surface area contributed by atoms with Crippen molar-refractivity contribution in [3.05, 3.63) is 12.2 Å². The van der Waals surface area contributed by atoms with Crippen LogP contribution in [0.5, 0.6) is 0 Å². The molecule has 2 unspecified atom stereocenters. The fraction of sp³-hybridized carbons (Fsp3) is 0.571. The van der Waals surface area contributed by atoms with E-state index in [1.54, 1.807) is 0 Å². The number of carboxylic acids is 2. The van der Waals surface area contributed by atoms with Crippen molar-refractivity contribution >= 4 is 35.6 Å². The van der Waals surface area contributed by atoms with Crippen molar-refractivity contribution in [1.82, 2.24) is 0 Å². The molecule has 2 atom stereocenters. The first-order chi connectivity index (χ1) is 10.6. The average Bonchev–Trinajstić information content (AvgIpc) is 2.46. The van der Waals surface area contributed by atoms with Gasteiger partial charge in [0.05, 0.1) is 12.3 Å². The fourth-order valence-electron chi connectivity index (χ4n) is 1.25. The summed E-state index contributed by atoms with van der Waals surface area (Å²) in [6.45, 7) is 6.20. The standard InChI is InChI=1S/C14H20O8S/c1-8(2)13(19)21-4-5-22-14(20)9(3)7-23-10(12(17)18)6-11(15)16/h9-10H,1,4-7H2,2-3H3,(H,15,16)(H,17,18). The van der Waals surface area contributed by atoms with Crippen molar-refractivity contribution in [1.29, 1.82) is 0 Å². The monoisotopic (exact) mass is 348 g/mol. The number of hydrogen-bond acceptors (Lipinski definition) is 7. The maximum Gasteiger partial charge on any atom is 0.333 e. The predicted molar refractivity (Wildman–Crippen MR) is 82.0 cm³/mol. The zero-order chi connectivity index (χ0) is 18.0. The Kier molecular flexibility index (Phi) is 9.71. The van der Waals surface area contributed by atoms with Crippen LogP contribution < -0.4 is 0 Å². The SMILES string of the molecule is C=C(C)C(=O)OCCOC(=O)C(C)CSC(CC(=O)O)C(=O)O. The van der Waals surface area contributed by atoms with E-state index in [0.717, 1.165) is 11.8 Å². The molecule has 0 spiro atoms. The number of hydrogen-bond donors (Lipinski definition) is 2. The summed E-state index contributed by atoms with van der Waals surface area (Å²) in [4.78, 5) is 44.2. The number of esters is 2. The van der Waals surface area contributed by atoms with Gasteiger partial charge in [0.2, 0.25) is 0 Å². The highest BCUT2D eigenvalue weighted by molar-refractivity contribution is 8.00. The van der Waals surface area contributed by atoms with Gasteiger partial charge in [0.15, 0.2) is 0 Å². The Hall–Kier alpha value is -2.03. The Labute approximate surface area is 137 Å². The van der Waals surface area contributed by atoms with Crippen LogP contribution in [0.1, 0.15) is 20.3 Å². The van der Waals surface area contributed by atoms with Crippen LogP contribution in [-0.4, -0.2) is 58.3 Å². The number of rotatable bonds is 11. The summed E-state index contributed by atoms with van der Waals surface area (Å²) in [5, 5.41) is 16.4. The largest absolute Gasteiger partial charge is 0.481 e. The molecule has 9 heteroatoms. The van der Waals surface area contributed by atoms with E-state index < -0.39 is 41.5 Å². The van der Waals surface area contributed by atoms with E-state index in [9.17, 15) is 19.2 Å². The Morgan fingerprint density at radius 3 is 2.17 bits per heavy atom. The van der Waals surface area contributed by atoms with Gasteiger partial charge >= 0.3 is 23.9 Å². The molecule has 23 heavy (non-hydrogen) atoms. The summed E-state index contributed by atoms with van der Waals surface area (Å²) < 4.78 is 9.63. The van der Waals surface area contributed by atoms with Crippen LogP contribution >= 0.6 is 11.8 Å². The summed E-state index contributed by atoms with van der Waals surface area (Å²) >= 11 is 0.864. The minimum Gasteiger partial charge on any atom is -0.481 e. The molecule has 0 aromatic rings. The van der Waals surface area contributed by atoms with Crippen LogP contribution in [0.15, 0.2) is 12.2 Å². The molecule has 0 aliphatic rings. The molecule has 0 saturated carbocycles. The molecule has 0 aliphatic carbocycles. The van der Waals surface area contributed by atoms with Crippen LogP contribution in [-0.2, 0) is 28.7 Å². The molecule has 0 aromatic carbocycles. The van der Waals surface area contributed by atoms with Gasteiger partial charge in [-0.3, -0.25) is 14.4 Å². The third kappa shape index (κ3) is 9.56. The Morgan fingerprint density at radius 2 is 1.70 bits per heavy atom. The van der Waals surface area contributed by atoms with E-state index in [0.29, 0.717) is 0 Å². The van der Waals surface area contributed by atoms with Crippen molar-refractivity contribution in [2.45, 2.75) is 25.5 Å². The molecular formula is C14H20O8S. The third-order valence-electron chi connectivity index (χ3n) is 2.49. The van der Waals surface area contributed by atoms with E-state index in [2.05, 4.69) is 6.58 Å². The van der Waals surface area contributed by atoms with E-state index >= 15 is 0 Å². The molecule has 0 amide bonds. The topological polar surface area (TPSA) is 127 Å². The first-order valence-corrected chi connectivity index (χ1v) is 7.75. The molecule has 0 heterocycles. The molecule has 2 N–H and O–H groups in total. The van der Waals surface area contributed by atoms with Crippen molar-refractivity contribution < 1.29 is 38.9 Å². The summed E-state index contributed by atoms with van der Waals surface area (Å²) in [7, 11) is 0. The van der Waals surface area contributed by atoms with E-state index in [1.807, 2.05) is 0 Å². The lowest BCUT2D eigenvalue weighted by atomic mass is 10.2. The van der Waals surface area contributed by atoms with Gasteiger partial charge in [-0.15, -0.1) is 11.8 Å². The highest BCUT2D eigenvalue weighted by atomic mass is 32.2.